The summed E-state index contributed by atoms with van der Waals surface area (Å²) in [5, 5.41) is 3.69. The third-order valence-corrected chi connectivity index (χ3v) is 6.13. The maximum atomic E-state index is 3.69. The van der Waals surface area contributed by atoms with Crippen molar-refractivity contribution in [3.05, 3.63) is 83.9 Å². The second-order valence-corrected chi connectivity index (χ2v) is 9.07. The Morgan fingerprint density at radius 3 is 1.78 bits per heavy atom. The van der Waals surface area contributed by atoms with Gasteiger partial charge in [-0.3, -0.25) is 0 Å². The third kappa shape index (κ3) is 3.39. The highest BCUT2D eigenvalue weighted by molar-refractivity contribution is 5.83. The Labute approximate surface area is 163 Å². The molecule has 0 spiro atoms. The number of fused-ring (bicyclic) bond motifs is 1. The van der Waals surface area contributed by atoms with Crippen molar-refractivity contribution in [2.75, 3.05) is 5.32 Å². The van der Waals surface area contributed by atoms with Crippen LogP contribution in [0.5, 0.6) is 0 Å². The van der Waals surface area contributed by atoms with Crippen molar-refractivity contribution in [2.24, 2.45) is 0 Å². The molecule has 4 rings (SSSR count). The van der Waals surface area contributed by atoms with Crippen molar-refractivity contribution >= 4 is 11.4 Å². The van der Waals surface area contributed by atoms with Crippen LogP contribution in [0.4, 0.5) is 11.4 Å². The van der Waals surface area contributed by atoms with E-state index < -0.39 is 0 Å². The Morgan fingerprint density at radius 2 is 1.19 bits per heavy atom. The second kappa shape index (κ2) is 6.56. The summed E-state index contributed by atoms with van der Waals surface area (Å²) < 4.78 is 0. The summed E-state index contributed by atoms with van der Waals surface area (Å²) >= 11 is 0. The van der Waals surface area contributed by atoms with Gasteiger partial charge in [0, 0.05) is 16.9 Å². The van der Waals surface area contributed by atoms with E-state index in [4.69, 9.17) is 0 Å². The SMILES string of the molecule is CC1(C)CCC(C)(C)c2cc(-c3ccccc3)c(Nc3ccccc3)cc21. The maximum Gasteiger partial charge on any atom is 0.0467 e. The van der Waals surface area contributed by atoms with E-state index in [0.29, 0.717) is 0 Å². The summed E-state index contributed by atoms with van der Waals surface area (Å²) in [6, 6.07) is 26.1. The molecule has 0 bridgehead atoms. The van der Waals surface area contributed by atoms with Gasteiger partial charge in [-0.2, -0.15) is 0 Å². The van der Waals surface area contributed by atoms with Crippen LogP contribution in [0.3, 0.4) is 0 Å². The topological polar surface area (TPSA) is 12.0 Å². The lowest BCUT2D eigenvalue weighted by atomic mass is 9.62. The largest absolute Gasteiger partial charge is 0.355 e. The Balaban J connectivity index is 1.93. The number of benzene rings is 3. The molecule has 0 radical (unpaired) electrons. The van der Waals surface area contributed by atoms with Gasteiger partial charge >= 0.3 is 0 Å². The molecule has 1 nitrogen and oxygen atoms in total. The van der Waals surface area contributed by atoms with E-state index in [-0.39, 0.29) is 10.8 Å². The number of anilines is 2. The van der Waals surface area contributed by atoms with Gasteiger partial charge in [0.05, 0.1) is 0 Å². The van der Waals surface area contributed by atoms with Crippen molar-refractivity contribution in [1.29, 1.82) is 0 Å². The molecule has 27 heavy (non-hydrogen) atoms. The molecule has 1 heteroatoms. The minimum Gasteiger partial charge on any atom is -0.355 e. The Morgan fingerprint density at radius 1 is 0.667 bits per heavy atom. The summed E-state index contributed by atoms with van der Waals surface area (Å²) in [5.74, 6) is 0. The van der Waals surface area contributed by atoms with E-state index in [0.717, 1.165) is 5.69 Å². The van der Waals surface area contributed by atoms with E-state index in [1.165, 1.54) is 40.8 Å². The van der Waals surface area contributed by atoms with Crippen LogP contribution in [0.2, 0.25) is 0 Å². The van der Waals surface area contributed by atoms with Crippen LogP contribution < -0.4 is 5.32 Å². The quantitative estimate of drug-likeness (QED) is 0.514. The van der Waals surface area contributed by atoms with Crippen LogP contribution in [-0.4, -0.2) is 0 Å². The fourth-order valence-electron chi connectivity index (χ4n) is 4.25. The third-order valence-electron chi connectivity index (χ3n) is 6.13. The lowest BCUT2D eigenvalue weighted by Crippen LogP contribution is -2.34. The van der Waals surface area contributed by atoms with Gasteiger partial charge in [0.2, 0.25) is 0 Å². The van der Waals surface area contributed by atoms with Crippen molar-refractivity contribution < 1.29 is 0 Å². The lowest BCUT2D eigenvalue weighted by Gasteiger charge is -2.42. The molecule has 0 saturated carbocycles. The van der Waals surface area contributed by atoms with E-state index in [2.05, 4.69) is 106 Å². The Kier molecular flexibility index (Phi) is 4.34. The first-order valence-corrected chi connectivity index (χ1v) is 9.93. The summed E-state index contributed by atoms with van der Waals surface area (Å²) in [4.78, 5) is 0. The van der Waals surface area contributed by atoms with Crippen LogP contribution in [0, 0.1) is 0 Å². The zero-order valence-electron chi connectivity index (χ0n) is 16.8. The van der Waals surface area contributed by atoms with Gasteiger partial charge in [0.1, 0.15) is 0 Å². The van der Waals surface area contributed by atoms with Gasteiger partial charge in [0.15, 0.2) is 0 Å². The van der Waals surface area contributed by atoms with Crippen LogP contribution in [0.1, 0.15) is 51.7 Å². The molecule has 3 aromatic rings. The van der Waals surface area contributed by atoms with E-state index >= 15 is 0 Å². The number of rotatable bonds is 3. The number of hydrogen-bond acceptors (Lipinski definition) is 1. The number of hydrogen-bond donors (Lipinski definition) is 1. The maximum absolute atomic E-state index is 3.69. The van der Waals surface area contributed by atoms with Crippen LogP contribution in [-0.2, 0) is 10.8 Å². The molecule has 0 aromatic heterocycles. The van der Waals surface area contributed by atoms with Crippen molar-refractivity contribution in [2.45, 2.75) is 51.4 Å². The molecule has 0 amide bonds. The molecule has 138 valence electrons. The van der Waals surface area contributed by atoms with Gasteiger partial charge in [-0.25, -0.2) is 0 Å². The smallest absolute Gasteiger partial charge is 0.0467 e. The minimum atomic E-state index is 0.202. The number of nitrogens with one attached hydrogen (secondary N) is 1. The molecule has 0 heterocycles. The van der Waals surface area contributed by atoms with E-state index in [1.54, 1.807) is 0 Å². The summed E-state index contributed by atoms with van der Waals surface area (Å²) in [7, 11) is 0. The fourth-order valence-corrected chi connectivity index (χ4v) is 4.25. The first-order valence-electron chi connectivity index (χ1n) is 9.93. The zero-order chi connectivity index (χ0) is 19.1. The monoisotopic (exact) mass is 355 g/mol. The van der Waals surface area contributed by atoms with Gasteiger partial charge < -0.3 is 5.32 Å². The molecular formula is C26H29N. The molecule has 0 atom stereocenters. The molecule has 0 saturated heterocycles. The molecule has 0 fully saturated rings. The van der Waals surface area contributed by atoms with Gasteiger partial charge in [-0.15, -0.1) is 0 Å². The van der Waals surface area contributed by atoms with E-state index in [9.17, 15) is 0 Å². The molecule has 3 aromatic carbocycles. The van der Waals surface area contributed by atoms with Gasteiger partial charge in [-0.1, -0.05) is 76.2 Å². The Hall–Kier alpha value is -2.54. The van der Waals surface area contributed by atoms with Gasteiger partial charge in [0.25, 0.3) is 0 Å². The zero-order valence-corrected chi connectivity index (χ0v) is 16.8. The highest BCUT2D eigenvalue weighted by Gasteiger charge is 2.37. The molecular weight excluding hydrogens is 326 g/mol. The average molecular weight is 356 g/mol. The summed E-state index contributed by atoms with van der Waals surface area (Å²) in [6.45, 7) is 9.55. The van der Waals surface area contributed by atoms with Gasteiger partial charge in [-0.05, 0) is 64.6 Å². The highest BCUT2D eigenvalue weighted by atomic mass is 14.9. The molecule has 1 aliphatic carbocycles. The first kappa shape index (κ1) is 17.9. The highest BCUT2D eigenvalue weighted by Crippen LogP contribution is 2.49. The first-order chi connectivity index (χ1) is 12.9. The molecule has 0 unspecified atom stereocenters. The normalized spacial score (nSPS) is 17.2. The van der Waals surface area contributed by atoms with Crippen LogP contribution in [0.25, 0.3) is 11.1 Å². The molecule has 0 aliphatic heterocycles. The lowest BCUT2D eigenvalue weighted by molar-refractivity contribution is 0.332. The predicted molar refractivity (Wildman–Crippen MR) is 117 cm³/mol. The summed E-state index contributed by atoms with van der Waals surface area (Å²) in [6.07, 6.45) is 2.45. The van der Waals surface area contributed by atoms with E-state index in [1.807, 2.05) is 0 Å². The molecule has 1 N–H and O–H groups in total. The fraction of sp³-hybridized carbons (Fsp3) is 0.308. The molecule has 1 aliphatic rings. The average Bonchev–Trinajstić information content (AvgIpc) is 2.67. The second-order valence-electron chi connectivity index (χ2n) is 9.07. The minimum absolute atomic E-state index is 0.202. The predicted octanol–water partition coefficient (Wildman–Crippen LogP) is 7.45. The standard InChI is InChI=1S/C26H29N/c1-25(2)15-16-26(3,4)23-18-24(27-20-13-9-6-10-14-20)21(17-22(23)25)19-11-7-5-8-12-19/h5-14,17-18,27H,15-16H2,1-4H3. The van der Waals surface area contributed by atoms with Crippen molar-refractivity contribution in [1.82, 2.24) is 0 Å². The van der Waals surface area contributed by atoms with Crippen LogP contribution >= 0.6 is 0 Å². The van der Waals surface area contributed by atoms with Crippen LogP contribution in [0.15, 0.2) is 72.8 Å². The number of para-hydroxylation sites is 1. The summed E-state index contributed by atoms with van der Waals surface area (Å²) in [5.41, 5.74) is 8.25. The van der Waals surface area contributed by atoms with Crippen molar-refractivity contribution in [3.8, 4) is 11.1 Å². The van der Waals surface area contributed by atoms with Crippen molar-refractivity contribution in [3.63, 3.8) is 0 Å². The Bertz CT molecular complexity index is 937.